The van der Waals surface area contributed by atoms with Crippen LogP contribution in [0.2, 0.25) is 0 Å². The summed E-state index contributed by atoms with van der Waals surface area (Å²) in [5.74, 6) is -0.535. The molecule has 0 aromatic heterocycles. The van der Waals surface area contributed by atoms with E-state index < -0.39 is 0 Å². The maximum Gasteiger partial charge on any atom is 0.252 e. The van der Waals surface area contributed by atoms with Crippen LogP contribution in [-0.4, -0.2) is 5.91 Å². The molecule has 0 spiro atoms. The van der Waals surface area contributed by atoms with E-state index in [0.29, 0.717) is 15.7 Å². The van der Waals surface area contributed by atoms with Crippen molar-refractivity contribution in [3.63, 3.8) is 0 Å². The summed E-state index contributed by atoms with van der Waals surface area (Å²) < 4.78 is 13.5. The average Bonchev–Trinajstić information content (AvgIpc) is 2.42. The molecule has 2 rings (SSSR count). The first-order chi connectivity index (χ1) is 9.47. The SMILES string of the molecule is C[C@@H](NC(=O)c1cc(N)ccc1Br)c1ccc(F)cc1. The minimum Gasteiger partial charge on any atom is -0.399 e. The van der Waals surface area contributed by atoms with Crippen molar-refractivity contribution in [3.8, 4) is 0 Å². The van der Waals surface area contributed by atoms with Gasteiger partial charge in [0.05, 0.1) is 11.6 Å². The minimum atomic E-state index is -0.300. The number of anilines is 1. The first kappa shape index (κ1) is 14.5. The Hall–Kier alpha value is -1.88. The van der Waals surface area contributed by atoms with Gasteiger partial charge in [-0.05, 0) is 58.7 Å². The van der Waals surface area contributed by atoms with Gasteiger partial charge in [-0.2, -0.15) is 0 Å². The van der Waals surface area contributed by atoms with E-state index in [9.17, 15) is 9.18 Å². The highest BCUT2D eigenvalue weighted by molar-refractivity contribution is 9.10. The molecule has 1 atom stereocenters. The first-order valence-electron chi connectivity index (χ1n) is 6.08. The van der Waals surface area contributed by atoms with Gasteiger partial charge >= 0.3 is 0 Å². The standard InChI is InChI=1S/C15H14BrFN2O/c1-9(10-2-4-11(17)5-3-10)19-15(20)13-8-12(18)6-7-14(13)16/h2-9H,18H2,1H3,(H,19,20)/t9-/m1/s1. The van der Waals surface area contributed by atoms with E-state index in [1.165, 1.54) is 12.1 Å². The molecule has 0 saturated carbocycles. The zero-order valence-electron chi connectivity index (χ0n) is 10.9. The van der Waals surface area contributed by atoms with Crippen LogP contribution in [0.4, 0.5) is 10.1 Å². The van der Waals surface area contributed by atoms with Crippen molar-refractivity contribution < 1.29 is 9.18 Å². The fourth-order valence-corrected chi connectivity index (χ4v) is 2.25. The number of benzene rings is 2. The Labute approximate surface area is 125 Å². The third-order valence-electron chi connectivity index (χ3n) is 2.95. The number of nitrogen functional groups attached to an aromatic ring is 1. The van der Waals surface area contributed by atoms with Crippen molar-refractivity contribution >= 4 is 27.5 Å². The number of hydrogen-bond acceptors (Lipinski definition) is 2. The zero-order valence-corrected chi connectivity index (χ0v) is 12.4. The number of rotatable bonds is 3. The van der Waals surface area contributed by atoms with Crippen molar-refractivity contribution in [2.75, 3.05) is 5.73 Å². The van der Waals surface area contributed by atoms with Crippen molar-refractivity contribution in [3.05, 3.63) is 63.9 Å². The smallest absolute Gasteiger partial charge is 0.252 e. The van der Waals surface area contributed by atoms with E-state index in [1.807, 2.05) is 6.92 Å². The van der Waals surface area contributed by atoms with E-state index in [1.54, 1.807) is 30.3 Å². The van der Waals surface area contributed by atoms with E-state index in [2.05, 4.69) is 21.2 Å². The second-order valence-corrected chi connectivity index (χ2v) is 5.34. The van der Waals surface area contributed by atoms with Gasteiger partial charge in [0.25, 0.3) is 5.91 Å². The summed E-state index contributed by atoms with van der Waals surface area (Å²) in [7, 11) is 0. The van der Waals surface area contributed by atoms with Crippen LogP contribution in [0.25, 0.3) is 0 Å². The summed E-state index contributed by atoms with van der Waals surface area (Å²) >= 11 is 3.32. The van der Waals surface area contributed by atoms with Crippen LogP contribution in [0.1, 0.15) is 28.9 Å². The van der Waals surface area contributed by atoms with Crippen LogP contribution in [0.5, 0.6) is 0 Å². The lowest BCUT2D eigenvalue weighted by Gasteiger charge is -2.15. The number of amides is 1. The van der Waals surface area contributed by atoms with Gasteiger partial charge in [0.2, 0.25) is 0 Å². The highest BCUT2D eigenvalue weighted by Gasteiger charge is 2.14. The number of carbonyl (C=O) groups is 1. The summed E-state index contributed by atoms with van der Waals surface area (Å²) in [5.41, 5.74) is 7.51. The Morgan fingerprint density at radius 2 is 1.90 bits per heavy atom. The molecule has 3 N–H and O–H groups in total. The van der Waals surface area contributed by atoms with Gasteiger partial charge in [0, 0.05) is 10.2 Å². The molecule has 0 unspecified atom stereocenters. The molecule has 2 aromatic rings. The molecule has 0 fully saturated rings. The molecule has 0 heterocycles. The predicted octanol–water partition coefficient (Wildman–Crippen LogP) is 3.66. The normalized spacial score (nSPS) is 11.9. The summed E-state index contributed by atoms with van der Waals surface area (Å²) in [6, 6.07) is 10.9. The molecule has 0 aliphatic rings. The lowest BCUT2D eigenvalue weighted by Crippen LogP contribution is -2.27. The van der Waals surface area contributed by atoms with Gasteiger partial charge < -0.3 is 11.1 Å². The highest BCUT2D eigenvalue weighted by Crippen LogP contribution is 2.21. The van der Waals surface area contributed by atoms with E-state index in [4.69, 9.17) is 5.73 Å². The molecule has 20 heavy (non-hydrogen) atoms. The Morgan fingerprint density at radius 3 is 2.55 bits per heavy atom. The molecule has 0 aliphatic heterocycles. The first-order valence-corrected chi connectivity index (χ1v) is 6.88. The Balaban J connectivity index is 2.15. The van der Waals surface area contributed by atoms with Crippen LogP contribution in [0.15, 0.2) is 46.9 Å². The third-order valence-corrected chi connectivity index (χ3v) is 3.64. The number of halogens is 2. The topological polar surface area (TPSA) is 55.1 Å². The molecule has 1 amide bonds. The summed E-state index contributed by atoms with van der Waals surface area (Å²) in [6.07, 6.45) is 0. The number of nitrogens with one attached hydrogen (secondary N) is 1. The van der Waals surface area contributed by atoms with Gasteiger partial charge in [-0.3, -0.25) is 4.79 Å². The maximum absolute atomic E-state index is 12.9. The number of nitrogens with two attached hydrogens (primary N) is 1. The van der Waals surface area contributed by atoms with Crippen molar-refractivity contribution in [1.82, 2.24) is 5.32 Å². The fourth-order valence-electron chi connectivity index (χ4n) is 1.83. The van der Waals surface area contributed by atoms with E-state index in [0.717, 1.165) is 5.56 Å². The molecule has 0 saturated heterocycles. The summed E-state index contributed by atoms with van der Waals surface area (Å²) in [6.45, 7) is 1.84. The van der Waals surface area contributed by atoms with Crippen LogP contribution < -0.4 is 11.1 Å². The minimum absolute atomic E-state index is 0.226. The zero-order chi connectivity index (χ0) is 14.7. The summed E-state index contributed by atoms with van der Waals surface area (Å²) in [5, 5.41) is 2.85. The maximum atomic E-state index is 12.9. The molecule has 0 aliphatic carbocycles. The van der Waals surface area contributed by atoms with Gasteiger partial charge in [0.15, 0.2) is 0 Å². The van der Waals surface area contributed by atoms with Crippen molar-refractivity contribution in [1.29, 1.82) is 0 Å². The quantitative estimate of drug-likeness (QED) is 0.840. The van der Waals surface area contributed by atoms with Crippen LogP contribution >= 0.6 is 15.9 Å². The van der Waals surface area contributed by atoms with Crippen LogP contribution in [0, 0.1) is 5.82 Å². The second kappa shape index (κ2) is 6.05. The van der Waals surface area contributed by atoms with Gasteiger partial charge in [-0.25, -0.2) is 4.39 Å². The molecule has 5 heteroatoms. The van der Waals surface area contributed by atoms with E-state index in [-0.39, 0.29) is 17.8 Å². The Morgan fingerprint density at radius 1 is 1.25 bits per heavy atom. The highest BCUT2D eigenvalue weighted by atomic mass is 79.9. The van der Waals surface area contributed by atoms with Gasteiger partial charge in [0.1, 0.15) is 5.82 Å². The van der Waals surface area contributed by atoms with Crippen LogP contribution in [0.3, 0.4) is 0 Å². The number of hydrogen-bond donors (Lipinski definition) is 2. The molecule has 104 valence electrons. The largest absolute Gasteiger partial charge is 0.399 e. The molecular weight excluding hydrogens is 323 g/mol. The molecule has 0 radical (unpaired) electrons. The van der Waals surface area contributed by atoms with Gasteiger partial charge in [-0.1, -0.05) is 12.1 Å². The van der Waals surface area contributed by atoms with Crippen LogP contribution in [-0.2, 0) is 0 Å². The molecule has 0 bridgehead atoms. The van der Waals surface area contributed by atoms with Crippen molar-refractivity contribution in [2.45, 2.75) is 13.0 Å². The number of carbonyl (C=O) groups excluding carboxylic acids is 1. The third kappa shape index (κ3) is 3.36. The molecule has 2 aromatic carbocycles. The summed E-state index contributed by atoms with van der Waals surface area (Å²) in [4.78, 5) is 12.2. The van der Waals surface area contributed by atoms with E-state index >= 15 is 0 Å². The average molecular weight is 337 g/mol. The lowest BCUT2D eigenvalue weighted by atomic mass is 10.1. The van der Waals surface area contributed by atoms with Crippen molar-refractivity contribution in [2.24, 2.45) is 0 Å². The Kier molecular flexibility index (Phi) is 4.39. The lowest BCUT2D eigenvalue weighted by molar-refractivity contribution is 0.0939. The molecular formula is C15H14BrFN2O. The predicted molar refractivity (Wildman–Crippen MR) is 80.8 cm³/mol. The molecule has 3 nitrogen and oxygen atoms in total. The second-order valence-electron chi connectivity index (χ2n) is 4.49. The Bertz CT molecular complexity index is 628. The monoisotopic (exact) mass is 336 g/mol. The fraction of sp³-hybridized carbons (Fsp3) is 0.133. The van der Waals surface area contributed by atoms with Gasteiger partial charge in [-0.15, -0.1) is 0 Å².